The summed E-state index contributed by atoms with van der Waals surface area (Å²) in [6.07, 6.45) is 8.19. The lowest BCUT2D eigenvalue weighted by Crippen LogP contribution is -2.49. The van der Waals surface area contributed by atoms with Crippen LogP contribution >= 0.6 is 0 Å². The third-order valence-electron chi connectivity index (χ3n) is 8.09. The van der Waals surface area contributed by atoms with Crippen LogP contribution in [0.3, 0.4) is 0 Å². The van der Waals surface area contributed by atoms with Gasteiger partial charge in [-0.15, -0.1) is 0 Å². The summed E-state index contributed by atoms with van der Waals surface area (Å²) in [7, 11) is 0. The molecule has 5 rings (SSSR count). The standard InChI is InChI=1S/C27H37N3O4/c1-18-7-10-23(25(31)29-18)30-16-19-15-20(8-9-21(19)26(30)32)34-24-6-4-3-5-22(24)28-17-27(2)11-13-33-14-12-27/h8-9,15,22-24,28H,1,3-7,10-14,16-17H2,2H3,(H,29,31)/t22-,23?,24-/m1/s1. The fraction of sp³-hybridized carbons (Fsp3) is 0.630. The summed E-state index contributed by atoms with van der Waals surface area (Å²) in [5.41, 5.74) is 2.63. The predicted octanol–water partition coefficient (Wildman–Crippen LogP) is 3.53. The highest BCUT2D eigenvalue weighted by atomic mass is 16.5. The zero-order valence-corrected chi connectivity index (χ0v) is 20.2. The SMILES string of the molecule is C=C1CCC(N2Cc3cc(O[C@@H]4CCCC[C@H]4NCC4(C)CCOCC4)ccc3C2=O)C(=O)N1. The van der Waals surface area contributed by atoms with E-state index in [0.717, 1.165) is 62.5 Å². The number of ether oxygens (including phenoxy) is 2. The van der Waals surface area contributed by atoms with Crippen LogP contribution in [0.15, 0.2) is 30.5 Å². The van der Waals surface area contributed by atoms with Gasteiger partial charge in [-0.3, -0.25) is 9.59 Å². The van der Waals surface area contributed by atoms with E-state index in [9.17, 15) is 9.59 Å². The summed E-state index contributed by atoms with van der Waals surface area (Å²) in [5.74, 6) is 0.602. The minimum absolute atomic E-state index is 0.0730. The number of nitrogens with zero attached hydrogens (tertiary/aromatic N) is 1. The molecule has 2 N–H and O–H groups in total. The fourth-order valence-electron chi connectivity index (χ4n) is 5.77. The Morgan fingerprint density at radius 1 is 1.21 bits per heavy atom. The predicted molar refractivity (Wildman–Crippen MR) is 129 cm³/mol. The Labute approximate surface area is 202 Å². The quantitative estimate of drug-likeness (QED) is 0.669. The molecule has 1 saturated carbocycles. The topological polar surface area (TPSA) is 79.9 Å². The maximum absolute atomic E-state index is 13.0. The van der Waals surface area contributed by atoms with Crippen LogP contribution in [0.1, 0.15) is 74.2 Å². The minimum Gasteiger partial charge on any atom is -0.489 e. The van der Waals surface area contributed by atoms with Gasteiger partial charge >= 0.3 is 0 Å². The van der Waals surface area contributed by atoms with Gasteiger partial charge in [0.2, 0.25) is 5.91 Å². The molecule has 34 heavy (non-hydrogen) atoms. The van der Waals surface area contributed by atoms with Crippen molar-refractivity contribution in [1.82, 2.24) is 15.5 Å². The molecule has 7 nitrogen and oxygen atoms in total. The van der Waals surface area contributed by atoms with Crippen LogP contribution in [0.5, 0.6) is 5.75 Å². The van der Waals surface area contributed by atoms with E-state index in [0.29, 0.717) is 31.0 Å². The molecule has 184 valence electrons. The van der Waals surface area contributed by atoms with Crippen LogP contribution in [0.25, 0.3) is 0 Å². The number of allylic oxidation sites excluding steroid dienone is 1. The largest absolute Gasteiger partial charge is 0.489 e. The zero-order chi connectivity index (χ0) is 23.7. The Morgan fingerprint density at radius 2 is 2.00 bits per heavy atom. The molecule has 3 aliphatic heterocycles. The monoisotopic (exact) mass is 467 g/mol. The molecular weight excluding hydrogens is 430 g/mol. The molecule has 3 heterocycles. The minimum atomic E-state index is -0.437. The maximum Gasteiger partial charge on any atom is 0.255 e. The van der Waals surface area contributed by atoms with Crippen molar-refractivity contribution < 1.29 is 19.1 Å². The van der Waals surface area contributed by atoms with E-state index in [1.807, 2.05) is 18.2 Å². The fourth-order valence-corrected chi connectivity index (χ4v) is 5.77. The molecule has 2 saturated heterocycles. The smallest absolute Gasteiger partial charge is 0.255 e. The number of hydrogen-bond donors (Lipinski definition) is 2. The molecule has 0 bridgehead atoms. The lowest BCUT2D eigenvalue weighted by Gasteiger charge is -2.38. The van der Waals surface area contributed by atoms with Crippen molar-refractivity contribution >= 4 is 11.8 Å². The van der Waals surface area contributed by atoms with Gasteiger partial charge in [0.25, 0.3) is 5.91 Å². The second kappa shape index (κ2) is 9.70. The van der Waals surface area contributed by atoms with Crippen LogP contribution in [-0.2, 0) is 16.1 Å². The molecule has 1 aliphatic carbocycles. The van der Waals surface area contributed by atoms with Gasteiger partial charge in [-0.1, -0.05) is 19.9 Å². The van der Waals surface area contributed by atoms with Gasteiger partial charge in [-0.25, -0.2) is 0 Å². The number of carbonyl (C=O) groups excluding carboxylic acids is 2. The molecule has 3 fully saturated rings. The molecule has 2 amide bonds. The van der Waals surface area contributed by atoms with E-state index in [-0.39, 0.29) is 23.3 Å². The Morgan fingerprint density at radius 3 is 2.79 bits per heavy atom. The van der Waals surface area contributed by atoms with Gasteiger partial charge in [0.1, 0.15) is 17.9 Å². The van der Waals surface area contributed by atoms with Crippen molar-refractivity contribution in [2.24, 2.45) is 5.41 Å². The first kappa shape index (κ1) is 23.4. The van der Waals surface area contributed by atoms with Crippen LogP contribution in [-0.4, -0.2) is 54.7 Å². The number of fused-ring (bicyclic) bond motifs is 1. The zero-order valence-electron chi connectivity index (χ0n) is 20.2. The first-order valence-electron chi connectivity index (χ1n) is 12.8. The lowest BCUT2D eigenvalue weighted by atomic mass is 9.81. The molecular formula is C27H37N3O4. The van der Waals surface area contributed by atoms with Crippen molar-refractivity contribution in [3.05, 3.63) is 41.6 Å². The van der Waals surface area contributed by atoms with E-state index in [1.165, 1.54) is 12.8 Å². The summed E-state index contributed by atoms with van der Waals surface area (Å²) in [4.78, 5) is 27.1. The summed E-state index contributed by atoms with van der Waals surface area (Å²) in [6.45, 7) is 9.33. The summed E-state index contributed by atoms with van der Waals surface area (Å²) < 4.78 is 12.1. The van der Waals surface area contributed by atoms with E-state index in [4.69, 9.17) is 9.47 Å². The number of piperidine rings is 1. The van der Waals surface area contributed by atoms with Gasteiger partial charge in [-0.2, -0.15) is 0 Å². The molecule has 1 aromatic carbocycles. The second-order valence-electron chi connectivity index (χ2n) is 10.8. The van der Waals surface area contributed by atoms with Crippen LogP contribution < -0.4 is 15.4 Å². The average Bonchev–Trinajstić information content (AvgIpc) is 3.14. The molecule has 1 unspecified atom stereocenters. The third kappa shape index (κ3) is 4.86. The summed E-state index contributed by atoms with van der Waals surface area (Å²) in [5, 5.41) is 6.62. The Bertz CT molecular complexity index is 955. The number of rotatable bonds is 6. The van der Waals surface area contributed by atoms with Gasteiger partial charge < -0.3 is 25.0 Å². The van der Waals surface area contributed by atoms with Crippen molar-refractivity contribution in [2.75, 3.05) is 19.8 Å². The van der Waals surface area contributed by atoms with Gasteiger partial charge in [0.05, 0.1) is 0 Å². The molecule has 1 aromatic rings. The molecule has 0 aromatic heterocycles. The first-order valence-corrected chi connectivity index (χ1v) is 12.8. The first-order chi connectivity index (χ1) is 16.4. The summed E-state index contributed by atoms with van der Waals surface area (Å²) >= 11 is 0. The maximum atomic E-state index is 13.0. The lowest BCUT2D eigenvalue weighted by molar-refractivity contribution is -0.126. The van der Waals surface area contributed by atoms with Crippen molar-refractivity contribution in [3.8, 4) is 5.75 Å². The Balaban J connectivity index is 1.23. The molecule has 3 atom stereocenters. The Hall–Kier alpha value is -2.38. The van der Waals surface area contributed by atoms with Gasteiger partial charge in [0.15, 0.2) is 0 Å². The highest BCUT2D eigenvalue weighted by Gasteiger charge is 2.38. The van der Waals surface area contributed by atoms with E-state index in [2.05, 4.69) is 24.1 Å². The molecule has 0 radical (unpaired) electrons. The average molecular weight is 468 g/mol. The van der Waals surface area contributed by atoms with Crippen molar-refractivity contribution in [2.45, 2.75) is 83.0 Å². The highest BCUT2D eigenvalue weighted by Crippen LogP contribution is 2.33. The van der Waals surface area contributed by atoms with E-state index >= 15 is 0 Å². The van der Waals surface area contributed by atoms with Gasteiger partial charge in [-0.05, 0) is 74.1 Å². The van der Waals surface area contributed by atoms with E-state index < -0.39 is 6.04 Å². The Kier molecular flexibility index (Phi) is 6.67. The molecule has 4 aliphatic rings. The van der Waals surface area contributed by atoms with Crippen LogP contribution in [0.2, 0.25) is 0 Å². The van der Waals surface area contributed by atoms with Crippen molar-refractivity contribution in [1.29, 1.82) is 0 Å². The van der Waals surface area contributed by atoms with Crippen LogP contribution in [0, 0.1) is 5.41 Å². The number of carbonyl (C=O) groups is 2. The third-order valence-corrected chi connectivity index (χ3v) is 8.09. The number of hydrogen-bond acceptors (Lipinski definition) is 5. The second-order valence-corrected chi connectivity index (χ2v) is 10.8. The number of amides is 2. The van der Waals surface area contributed by atoms with E-state index in [1.54, 1.807) is 4.90 Å². The number of benzene rings is 1. The highest BCUT2D eigenvalue weighted by molar-refractivity contribution is 6.01. The van der Waals surface area contributed by atoms with Gasteiger partial charge in [0, 0.05) is 43.6 Å². The van der Waals surface area contributed by atoms with Crippen molar-refractivity contribution in [3.63, 3.8) is 0 Å². The van der Waals surface area contributed by atoms with Crippen LogP contribution in [0.4, 0.5) is 0 Å². The normalized spacial score (nSPS) is 29.0. The molecule has 0 spiro atoms. The number of nitrogens with one attached hydrogen (secondary N) is 2. The molecule has 7 heteroatoms. The summed E-state index contributed by atoms with van der Waals surface area (Å²) in [6, 6.07) is 5.67.